The zero-order chi connectivity index (χ0) is 25.2. The van der Waals surface area contributed by atoms with Crippen molar-refractivity contribution in [1.82, 2.24) is 15.1 Å². The highest BCUT2D eigenvalue weighted by molar-refractivity contribution is 7.59. The molecule has 1 aliphatic carbocycles. The minimum absolute atomic E-state index is 0. The molecule has 0 aromatic heterocycles. The van der Waals surface area contributed by atoms with Crippen LogP contribution in [0.2, 0.25) is 0 Å². The average Bonchev–Trinajstić information content (AvgIpc) is 3.63. The van der Waals surface area contributed by atoms with E-state index in [-0.39, 0.29) is 90.6 Å². The summed E-state index contributed by atoms with van der Waals surface area (Å²) in [7, 11) is 0. The zero-order valence-corrected chi connectivity index (χ0v) is 27.2. The third kappa shape index (κ3) is 7.93. The number of ketones is 1. The van der Waals surface area contributed by atoms with Crippen molar-refractivity contribution in [1.29, 1.82) is 0 Å². The number of amides is 2. The van der Waals surface area contributed by atoms with Crippen LogP contribution in [0.25, 0.3) is 0 Å². The quantitative estimate of drug-likeness (QED) is 0.479. The molecule has 0 radical (unpaired) electrons. The Hall–Kier alpha value is -0.890. The van der Waals surface area contributed by atoms with Gasteiger partial charge in [-0.05, 0) is 81.3 Å². The van der Waals surface area contributed by atoms with E-state index < -0.39 is 24.3 Å². The highest BCUT2D eigenvalue weighted by Gasteiger charge is 2.53. The van der Waals surface area contributed by atoms with Crippen LogP contribution in [0.15, 0.2) is 24.3 Å². The number of aliphatic hydroxyl groups excluding tert-OH is 1. The van der Waals surface area contributed by atoms with Crippen LogP contribution in [-0.2, 0) is 14.3 Å². The number of hydrogen-bond donors (Lipinski definition) is 2. The van der Waals surface area contributed by atoms with Gasteiger partial charge in [-0.25, -0.2) is 0 Å². The minimum Gasteiger partial charge on any atom is -0.388 e. The summed E-state index contributed by atoms with van der Waals surface area (Å²) in [6, 6.07) is 6.37. The van der Waals surface area contributed by atoms with Crippen molar-refractivity contribution in [2.75, 3.05) is 32.8 Å². The second-order valence-corrected chi connectivity index (χ2v) is 11.0. The van der Waals surface area contributed by atoms with E-state index in [9.17, 15) is 19.5 Å². The third-order valence-corrected chi connectivity index (χ3v) is 8.64. The lowest BCUT2D eigenvalue weighted by molar-refractivity contribution is -0.139. The van der Waals surface area contributed by atoms with E-state index in [2.05, 4.69) is 29.3 Å². The van der Waals surface area contributed by atoms with Crippen LogP contribution >= 0.6 is 54.0 Å². The van der Waals surface area contributed by atoms with Crippen molar-refractivity contribution in [3.8, 4) is 0 Å². The monoisotopic (exact) mass is 633 g/mol. The molecule has 228 valence electrons. The van der Waals surface area contributed by atoms with Crippen LogP contribution < -0.4 is 5.32 Å². The average molecular weight is 634 g/mol. The number of fused-ring (bicyclic) bond motifs is 1. The summed E-state index contributed by atoms with van der Waals surface area (Å²) < 4.78 is 5.43. The van der Waals surface area contributed by atoms with E-state index in [4.69, 9.17) is 4.74 Å². The maximum atomic E-state index is 13.7. The lowest BCUT2D eigenvalue weighted by Gasteiger charge is -2.32. The summed E-state index contributed by atoms with van der Waals surface area (Å²) in [5.74, 6) is -0.185. The van der Waals surface area contributed by atoms with Gasteiger partial charge in [-0.2, -0.15) is 54.0 Å². The molecule has 3 aliphatic heterocycles. The van der Waals surface area contributed by atoms with Gasteiger partial charge < -0.3 is 25.0 Å². The van der Waals surface area contributed by atoms with Gasteiger partial charge in [0.2, 0.25) is 5.91 Å². The Kier molecular flexibility index (Phi) is 15.5. The molecule has 0 bridgehead atoms. The number of β-amino-alcohol motifs (C(OH)–C–C–N with tert-alkyl or cyclic N) is 1. The summed E-state index contributed by atoms with van der Waals surface area (Å²) in [6.45, 7) is 5.59. The van der Waals surface area contributed by atoms with E-state index >= 15 is 0 Å². The summed E-state index contributed by atoms with van der Waals surface area (Å²) in [5, 5.41) is 13.4. The highest BCUT2D eigenvalue weighted by atomic mass is 32.1. The molecule has 12 heteroatoms. The molecule has 8 nitrogen and oxygen atoms in total. The van der Waals surface area contributed by atoms with E-state index in [1.54, 1.807) is 0 Å². The van der Waals surface area contributed by atoms with E-state index in [1.165, 1.54) is 16.9 Å². The molecule has 4 fully saturated rings. The number of ether oxygens (including phenoxy) is 1. The fraction of sp³-hybridized carbons (Fsp3) is 0.679. The molecular weight excluding hydrogens is 587 g/mol. The molecule has 2 amide bonds. The lowest BCUT2D eigenvalue weighted by Crippen LogP contribution is -2.54. The number of Topliss-reactive ketones (excluding diaryl/α,β-unsaturated/α-hetero) is 1. The lowest BCUT2D eigenvalue weighted by atomic mass is 9.89. The number of piperidine rings is 1. The Morgan fingerprint density at radius 2 is 1.65 bits per heavy atom. The van der Waals surface area contributed by atoms with Crippen LogP contribution in [0.1, 0.15) is 73.7 Å². The van der Waals surface area contributed by atoms with Crippen molar-refractivity contribution in [3.05, 3.63) is 35.4 Å². The Morgan fingerprint density at radius 3 is 2.25 bits per heavy atom. The van der Waals surface area contributed by atoms with E-state index in [0.717, 1.165) is 58.2 Å². The third-order valence-electron chi connectivity index (χ3n) is 8.64. The Labute approximate surface area is 266 Å². The van der Waals surface area contributed by atoms with Crippen LogP contribution in [-0.4, -0.2) is 89.6 Å². The van der Waals surface area contributed by atoms with Gasteiger partial charge in [-0.15, -0.1) is 0 Å². The largest absolute Gasteiger partial charge is 0.388 e. The molecule has 40 heavy (non-hydrogen) atoms. The first kappa shape index (κ1) is 37.1. The van der Waals surface area contributed by atoms with Gasteiger partial charge in [0.05, 0.1) is 6.54 Å². The highest BCUT2D eigenvalue weighted by Crippen LogP contribution is 2.33. The molecule has 2 N–H and O–H groups in total. The minimum atomic E-state index is -0.883. The van der Waals surface area contributed by atoms with Crippen molar-refractivity contribution in [2.24, 2.45) is 5.92 Å². The molecule has 4 atom stereocenters. The second-order valence-electron chi connectivity index (χ2n) is 11.0. The molecule has 4 aliphatic rings. The fourth-order valence-corrected chi connectivity index (χ4v) is 6.64. The molecule has 0 spiro atoms. The number of rotatable bonds is 7. The number of carbonyl (C=O) groups is 3. The molecule has 1 saturated carbocycles. The fourth-order valence-electron chi connectivity index (χ4n) is 6.64. The number of hydrogen-bond acceptors (Lipinski definition) is 6. The van der Waals surface area contributed by atoms with Crippen molar-refractivity contribution < 1.29 is 24.2 Å². The van der Waals surface area contributed by atoms with Crippen molar-refractivity contribution in [2.45, 2.75) is 82.1 Å². The van der Waals surface area contributed by atoms with Crippen LogP contribution in [0.4, 0.5) is 0 Å². The first-order valence-electron chi connectivity index (χ1n) is 13.7. The molecule has 1 aromatic rings. The molecule has 3 saturated heterocycles. The summed E-state index contributed by atoms with van der Waals surface area (Å²) in [6.07, 6.45) is 5.67. The predicted octanol–water partition coefficient (Wildman–Crippen LogP) is 2.56. The SMILES string of the molecule is CCCN1CCC(c2ccc(C(=O)N[C@H](C(=O)N3C[C@H](O)[C@H]4OCC(=O)[C@H]43)C3CCCC3)cc2)CC1.S.S.S.S. The standard InChI is InChI=1S/C28H39N3O5.4H2S/c1-2-13-30-14-11-19(12-15-30)18-7-9-21(10-8-18)27(34)29-24(20-5-3-4-6-20)28(35)31-16-22(32)26-25(31)23(33)17-36-26;;;;/h7-10,19-20,22,24-26,32H,2-6,11-17H2,1H3,(H,29,34);4*1H2/t22-,24-,25+,26+;;;;/m0..../s1. The van der Waals surface area contributed by atoms with Crippen LogP contribution in [0.5, 0.6) is 0 Å². The number of nitrogens with zero attached hydrogens (tertiary/aromatic N) is 2. The number of nitrogens with one attached hydrogen (secondary N) is 1. The number of aliphatic hydroxyl groups is 1. The van der Waals surface area contributed by atoms with Gasteiger partial charge in [0.15, 0.2) is 5.78 Å². The smallest absolute Gasteiger partial charge is 0.251 e. The Balaban J connectivity index is 0.00000200. The first-order valence-corrected chi connectivity index (χ1v) is 13.7. The first-order chi connectivity index (χ1) is 17.5. The zero-order valence-electron chi connectivity index (χ0n) is 23.2. The normalized spacial score (nSPS) is 25.6. The van der Waals surface area contributed by atoms with Crippen LogP contribution in [0.3, 0.4) is 0 Å². The topological polar surface area (TPSA) is 99.2 Å². The molecule has 0 unspecified atom stereocenters. The summed E-state index contributed by atoms with van der Waals surface area (Å²) >= 11 is 0. The van der Waals surface area contributed by atoms with Gasteiger partial charge in [0.1, 0.15) is 30.9 Å². The summed E-state index contributed by atoms with van der Waals surface area (Å²) in [5.41, 5.74) is 1.81. The number of benzene rings is 1. The van der Waals surface area contributed by atoms with Crippen molar-refractivity contribution in [3.63, 3.8) is 0 Å². The molecular formula is C28H47N3O5S4. The van der Waals surface area contributed by atoms with Crippen molar-refractivity contribution >= 4 is 71.6 Å². The maximum absolute atomic E-state index is 13.7. The summed E-state index contributed by atoms with van der Waals surface area (Å²) in [4.78, 5) is 43.3. The second kappa shape index (κ2) is 16.7. The number of likely N-dealkylation sites (tertiary alicyclic amines) is 2. The van der Waals surface area contributed by atoms with E-state index in [1.807, 2.05) is 12.1 Å². The molecule has 5 rings (SSSR count). The molecule has 3 heterocycles. The van der Waals surface area contributed by atoms with Gasteiger partial charge in [-0.1, -0.05) is 31.9 Å². The molecule has 1 aromatic carbocycles. The van der Waals surface area contributed by atoms with Crippen LogP contribution in [0, 0.1) is 5.92 Å². The number of carbonyl (C=O) groups excluding carboxylic acids is 3. The van der Waals surface area contributed by atoms with Gasteiger partial charge in [-0.3, -0.25) is 14.4 Å². The van der Waals surface area contributed by atoms with Gasteiger partial charge in [0.25, 0.3) is 5.91 Å². The Bertz CT molecular complexity index is 971. The van der Waals surface area contributed by atoms with E-state index in [0.29, 0.717) is 11.5 Å². The maximum Gasteiger partial charge on any atom is 0.251 e. The van der Waals surface area contributed by atoms with Gasteiger partial charge >= 0.3 is 0 Å². The predicted molar refractivity (Wildman–Crippen MR) is 176 cm³/mol. The van der Waals surface area contributed by atoms with Gasteiger partial charge in [0, 0.05) is 5.56 Å². The Morgan fingerprint density at radius 1 is 1.02 bits per heavy atom.